The molecule has 2 aromatic rings. The third kappa shape index (κ3) is 4.89. The van der Waals surface area contributed by atoms with Crippen LogP contribution in [0.4, 0.5) is 0 Å². The summed E-state index contributed by atoms with van der Waals surface area (Å²) in [7, 11) is 0. The molecular weight excluding hydrogens is 324 g/mol. The number of benzene rings is 1. The molecule has 1 saturated heterocycles. The van der Waals surface area contributed by atoms with Crippen LogP contribution < -0.4 is 14.8 Å². The molecule has 5 nitrogen and oxygen atoms in total. The minimum atomic E-state index is -0.153. The van der Waals surface area contributed by atoms with E-state index in [-0.39, 0.29) is 12.0 Å². The molecule has 1 aromatic heterocycles. The van der Waals surface area contributed by atoms with Gasteiger partial charge in [0, 0.05) is 23.6 Å². The predicted molar refractivity (Wildman–Crippen MR) is 94.9 cm³/mol. The van der Waals surface area contributed by atoms with Crippen molar-refractivity contribution in [1.29, 1.82) is 0 Å². The molecule has 0 spiro atoms. The van der Waals surface area contributed by atoms with E-state index in [2.05, 4.69) is 10.3 Å². The minimum absolute atomic E-state index is 0.153. The molecule has 1 aromatic carbocycles. The maximum absolute atomic E-state index is 12.2. The van der Waals surface area contributed by atoms with E-state index >= 15 is 0 Å². The van der Waals surface area contributed by atoms with Gasteiger partial charge in [0.2, 0.25) is 5.88 Å². The molecule has 3 rings (SSSR count). The molecular formula is C18H20N2O3S. The summed E-state index contributed by atoms with van der Waals surface area (Å²) in [5, 5.41) is 2.84. The molecule has 1 N–H and O–H groups in total. The van der Waals surface area contributed by atoms with Gasteiger partial charge in [-0.3, -0.25) is 4.79 Å². The fourth-order valence-corrected chi connectivity index (χ4v) is 3.44. The summed E-state index contributed by atoms with van der Waals surface area (Å²) in [5.74, 6) is 3.25. The zero-order chi connectivity index (χ0) is 16.6. The third-order valence-corrected chi connectivity index (χ3v) is 4.70. The van der Waals surface area contributed by atoms with Crippen LogP contribution in [0.1, 0.15) is 16.8 Å². The molecule has 1 amide bonds. The molecule has 2 heterocycles. The van der Waals surface area contributed by atoms with Gasteiger partial charge in [-0.25, -0.2) is 4.98 Å². The highest BCUT2D eigenvalue weighted by Crippen LogP contribution is 2.22. The second-order valence-electron chi connectivity index (χ2n) is 5.40. The van der Waals surface area contributed by atoms with Crippen molar-refractivity contribution in [3.05, 3.63) is 54.2 Å². The number of ether oxygens (including phenoxy) is 2. The van der Waals surface area contributed by atoms with Gasteiger partial charge in [0.15, 0.2) is 0 Å². The first-order valence-electron chi connectivity index (χ1n) is 7.98. The Morgan fingerprint density at radius 2 is 2.17 bits per heavy atom. The first kappa shape index (κ1) is 16.6. The van der Waals surface area contributed by atoms with Gasteiger partial charge in [-0.05, 0) is 30.4 Å². The van der Waals surface area contributed by atoms with Crippen molar-refractivity contribution in [1.82, 2.24) is 10.3 Å². The summed E-state index contributed by atoms with van der Waals surface area (Å²) in [6, 6.07) is 12.9. The summed E-state index contributed by atoms with van der Waals surface area (Å²) in [4.78, 5) is 16.4. The summed E-state index contributed by atoms with van der Waals surface area (Å²) in [6.07, 6.45) is 2.83. The highest BCUT2D eigenvalue weighted by Gasteiger charge is 2.18. The lowest BCUT2D eigenvalue weighted by Gasteiger charge is -2.12. The maximum atomic E-state index is 12.2. The van der Waals surface area contributed by atoms with Crippen LogP contribution in [0.3, 0.4) is 0 Å². The number of thioether (sulfide) groups is 1. The van der Waals surface area contributed by atoms with Crippen LogP contribution in [0.2, 0.25) is 0 Å². The van der Waals surface area contributed by atoms with Crippen molar-refractivity contribution in [3.63, 3.8) is 0 Å². The Kier molecular flexibility index (Phi) is 5.96. The van der Waals surface area contributed by atoms with Gasteiger partial charge in [-0.2, -0.15) is 11.8 Å². The van der Waals surface area contributed by atoms with Crippen LogP contribution in [0.15, 0.2) is 48.7 Å². The number of para-hydroxylation sites is 1. The Hall–Kier alpha value is -2.21. The number of rotatable bonds is 7. The van der Waals surface area contributed by atoms with Crippen molar-refractivity contribution < 1.29 is 14.3 Å². The van der Waals surface area contributed by atoms with E-state index in [0.717, 1.165) is 23.7 Å². The molecule has 0 bridgehead atoms. The average Bonchev–Trinajstić information content (AvgIpc) is 3.13. The van der Waals surface area contributed by atoms with Crippen molar-refractivity contribution >= 4 is 17.7 Å². The number of nitrogens with zero attached hydrogens (tertiary/aromatic N) is 1. The first-order chi connectivity index (χ1) is 11.8. The van der Waals surface area contributed by atoms with Gasteiger partial charge >= 0.3 is 0 Å². The number of hydrogen-bond acceptors (Lipinski definition) is 5. The van der Waals surface area contributed by atoms with E-state index in [0.29, 0.717) is 24.6 Å². The number of carbonyl (C=O) groups excluding carboxylic acids is 1. The first-order valence-corrected chi connectivity index (χ1v) is 9.13. The van der Waals surface area contributed by atoms with Crippen LogP contribution in [-0.2, 0) is 0 Å². The molecule has 1 atom stereocenters. The summed E-state index contributed by atoms with van der Waals surface area (Å²) in [5.41, 5.74) is 0.547. The highest BCUT2D eigenvalue weighted by atomic mass is 32.2. The summed E-state index contributed by atoms with van der Waals surface area (Å²) >= 11 is 1.88. The average molecular weight is 344 g/mol. The molecule has 24 heavy (non-hydrogen) atoms. The Morgan fingerprint density at radius 3 is 2.96 bits per heavy atom. The van der Waals surface area contributed by atoms with Crippen molar-refractivity contribution in [2.45, 2.75) is 12.5 Å². The number of hydrogen-bond donors (Lipinski definition) is 1. The Balaban J connectivity index is 1.46. The van der Waals surface area contributed by atoms with E-state index in [1.165, 1.54) is 0 Å². The maximum Gasteiger partial charge on any atom is 0.251 e. The summed E-state index contributed by atoms with van der Waals surface area (Å²) < 4.78 is 11.4. The summed E-state index contributed by atoms with van der Waals surface area (Å²) in [6.45, 7) is 0.856. The lowest BCUT2D eigenvalue weighted by molar-refractivity contribution is 0.0946. The second kappa shape index (κ2) is 8.59. The van der Waals surface area contributed by atoms with Gasteiger partial charge in [-0.15, -0.1) is 0 Å². The van der Waals surface area contributed by atoms with E-state index in [9.17, 15) is 4.79 Å². The second-order valence-corrected chi connectivity index (χ2v) is 6.55. The molecule has 1 aliphatic rings. The van der Waals surface area contributed by atoms with Gasteiger partial charge in [0.1, 0.15) is 18.5 Å². The topological polar surface area (TPSA) is 60.5 Å². The van der Waals surface area contributed by atoms with Gasteiger partial charge in [0.25, 0.3) is 5.91 Å². The molecule has 0 unspecified atom stereocenters. The van der Waals surface area contributed by atoms with Crippen LogP contribution in [0.5, 0.6) is 11.6 Å². The Bertz CT molecular complexity index is 660. The molecule has 1 aliphatic heterocycles. The lowest BCUT2D eigenvalue weighted by Crippen LogP contribution is -2.28. The van der Waals surface area contributed by atoms with Crippen LogP contribution >= 0.6 is 11.8 Å². The van der Waals surface area contributed by atoms with E-state index in [1.807, 2.05) is 42.1 Å². The van der Waals surface area contributed by atoms with Crippen LogP contribution in [0.25, 0.3) is 0 Å². The van der Waals surface area contributed by atoms with Gasteiger partial charge in [-0.1, -0.05) is 18.2 Å². The fourth-order valence-electron chi connectivity index (χ4n) is 2.34. The number of carbonyl (C=O) groups is 1. The Morgan fingerprint density at radius 1 is 1.29 bits per heavy atom. The van der Waals surface area contributed by atoms with Crippen molar-refractivity contribution in [2.24, 2.45) is 0 Å². The van der Waals surface area contributed by atoms with E-state index in [4.69, 9.17) is 9.47 Å². The molecule has 0 radical (unpaired) electrons. The number of nitrogens with one attached hydrogen (secondary N) is 1. The van der Waals surface area contributed by atoms with Crippen molar-refractivity contribution in [2.75, 3.05) is 24.7 Å². The predicted octanol–water partition coefficient (Wildman–Crippen LogP) is 2.77. The fraction of sp³-hybridized carbons (Fsp3) is 0.333. The number of amides is 1. The molecule has 1 fully saturated rings. The zero-order valence-corrected chi connectivity index (χ0v) is 14.1. The minimum Gasteiger partial charge on any atom is -0.492 e. The molecule has 6 heteroatoms. The zero-order valence-electron chi connectivity index (χ0n) is 13.3. The highest BCUT2D eigenvalue weighted by molar-refractivity contribution is 7.99. The molecule has 0 aliphatic carbocycles. The van der Waals surface area contributed by atoms with E-state index in [1.54, 1.807) is 18.3 Å². The molecule has 0 saturated carbocycles. The van der Waals surface area contributed by atoms with Crippen LogP contribution in [-0.4, -0.2) is 41.7 Å². The SMILES string of the molecule is O=C(NCCOc1ccccc1)c1ccnc(O[C@@H]2CCSC2)c1. The van der Waals surface area contributed by atoms with E-state index < -0.39 is 0 Å². The Labute approximate surface area is 145 Å². The van der Waals surface area contributed by atoms with Gasteiger partial charge in [0.05, 0.1) is 6.54 Å². The standard InChI is InChI=1S/C18H20N2O3S/c21-18(20-9-10-22-15-4-2-1-3-5-15)14-6-8-19-17(12-14)23-16-7-11-24-13-16/h1-6,8,12,16H,7,9-11,13H2,(H,20,21)/t16-/m1/s1. The van der Waals surface area contributed by atoms with Crippen LogP contribution in [0, 0.1) is 0 Å². The lowest BCUT2D eigenvalue weighted by atomic mass is 10.2. The molecule has 126 valence electrons. The van der Waals surface area contributed by atoms with Gasteiger partial charge < -0.3 is 14.8 Å². The number of aromatic nitrogens is 1. The van der Waals surface area contributed by atoms with Crippen molar-refractivity contribution in [3.8, 4) is 11.6 Å². The normalized spacial score (nSPS) is 16.6. The number of pyridine rings is 1. The monoisotopic (exact) mass is 344 g/mol. The largest absolute Gasteiger partial charge is 0.492 e. The quantitative estimate of drug-likeness (QED) is 0.783. The third-order valence-electron chi connectivity index (χ3n) is 3.57. The smallest absolute Gasteiger partial charge is 0.251 e.